The molecule has 154 valence electrons. The van der Waals surface area contributed by atoms with E-state index in [0.717, 1.165) is 44.0 Å². The van der Waals surface area contributed by atoms with Crippen molar-refractivity contribution in [2.45, 2.75) is 51.9 Å². The SMILES string of the molecule is CC1CN(c2ccc(CNC(=O)CCC3CCNC3)cn2)CC(C)O1.Cl.Cl. The van der Waals surface area contributed by atoms with Crippen LogP contribution in [0, 0.1) is 5.92 Å². The highest BCUT2D eigenvalue weighted by Crippen LogP contribution is 2.18. The predicted octanol–water partition coefficient (Wildman–Crippen LogP) is 2.54. The second-order valence-electron chi connectivity index (χ2n) is 7.36. The van der Waals surface area contributed by atoms with Gasteiger partial charge in [0.15, 0.2) is 0 Å². The lowest BCUT2D eigenvalue weighted by atomic mass is 10.0. The van der Waals surface area contributed by atoms with Gasteiger partial charge in [0.25, 0.3) is 0 Å². The summed E-state index contributed by atoms with van der Waals surface area (Å²) in [6.07, 6.45) is 5.09. The van der Waals surface area contributed by atoms with Crippen LogP contribution in [0.1, 0.15) is 38.7 Å². The van der Waals surface area contributed by atoms with Gasteiger partial charge in [-0.2, -0.15) is 0 Å². The number of anilines is 1. The summed E-state index contributed by atoms with van der Waals surface area (Å²) in [5, 5.41) is 6.34. The van der Waals surface area contributed by atoms with Crippen molar-refractivity contribution in [2.24, 2.45) is 5.92 Å². The molecule has 0 aliphatic carbocycles. The zero-order valence-corrected chi connectivity index (χ0v) is 17.8. The van der Waals surface area contributed by atoms with E-state index in [-0.39, 0.29) is 42.9 Å². The topological polar surface area (TPSA) is 66.5 Å². The Hall–Kier alpha value is -1.08. The number of halogens is 2. The van der Waals surface area contributed by atoms with Gasteiger partial charge in [0.05, 0.1) is 12.2 Å². The molecule has 1 aromatic rings. The molecule has 8 heteroatoms. The van der Waals surface area contributed by atoms with Crippen LogP contribution in [0.4, 0.5) is 5.82 Å². The van der Waals surface area contributed by atoms with Crippen molar-refractivity contribution >= 4 is 36.5 Å². The number of rotatable bonds is 6. The molecule has 0 bridgehead atoms. The lowest BCUT2D eigenvalue weighted by Gasteiger charge is -2.36. The van der Waals surface area contributed by atoms with E-state index in [1.165, 1.54) is 6.42 Å². The van der Waals surface area contributed by atoms with Crippen molar-refractivity contribution in [1.29, 1.82) is 0 Å². The first kappa shape index (κ1) is 24.0. The Morgan fingerprint density at radius 2 is 2.04 bits per heavy atom. The van der Waals surface area contributed by atoms with Gasteiger partial charge in [-0.05, 0) is 57.3 Å². The molecule has 2 fully saturated rings. The molecular weight excluding hydrogens is 387 g/mol. The number of hydrogen-bond acceptors (Lipinski definition) is 5. The first-order valence-corrected chi connectivity index (χ1v) is 9.43. The third kappa shape index (κ3) is 7.45. The fourth-order valence-electron chi connectivity index (χ4n) is 3.66. The number of ether oxygens (including phenoxy) is 1. The highest BCUT2D eigenvalue weighted by molar-refractivity contribution is 5.85. The van der Waals surface area contributed by atoms with E-state index in [2.05, 4.69) is 34.4 Å². The highest BCUT2D eigenvalue weighted by Gasteiger charge is 2.23. The second kappa shape index (κ2) is 11.7. The molecule has 0 radical (unpaired) electrons. The zero-order chi connectivity index (χ0) is 17.6. The highest BCUT2D eigenvalue weighted by atomic mass is 35.5. The minimum atomic E-state index is 0. The monoisotopic (exact) mass is 418 g/mol. The fourth-order valence-corrected chi connectivity index (χ4v) is 3.66. The maximum atomic E-state index is 12.0. The molecule has 0 aromatic carbocycles. The summed E-state index contributed by atoms with van der Waals surface area (Å²) in [6.45, 7) is 8.60. The van der Waals surface area contributed by atoms with Crippen LogP contribution in [0.2, 0.25) is 0 Å². The van der Waals surface area contributed by atoms with Crippen LogP contribution in [-0.4, -0.2) is 49.3 Å². The van der Waals surface area contributed by atoms with Gasteiger partial charge in [-0.3, -0.25) is 4.79 Å². The van der Waals surface area contributed by atoms with Gasteiger partial charge in [-0.15, -0.1) is 24.8 Å². The van der Waals surface area contributed by atoms with Crippen molar-refractivity contribution in [3.05, 3.63) is 23.9 Å². The average Bonchev–Trinajstić information content (AvgIpc) is 3.11. The molecule has 0 spiro atoms. The van der Waals surface area contributed by atoms with E-state index in [0.29, 0.717) is 18.9 Å². The van der Waals surface area contributed by atoms with Gasteiger partial charge >= 0.3 is 0 Å². The van der Waals surface area contributed by atoms with E-state index in [9.17, 15) is 4.79 Å². The third-order valence-electron chi connectivity index (χ3n) is 4.98. The number of nitrogens with zero attached hydrogens (tertiary/aromatic N) is 2. The molecule has 1 aromatic heterocycles. The number of nitrogens with one attached hydrogen (secondary N) is 2. The Balaban J connectivity index is 0.00000182. The minimum absolute atomic E-state index is 0. The van der Waals surface area contributed by atoms with Crippen LogP contribution in [0.15, 0.2) is 18.3 Å². The number of hydrogen-bond donors (Lipinski definition) is 2. The summed E-state index contributed by atoms with van der Waals surface area (Å²) >= 11 is 0. The number of carbonyl (C=O) groups excluding carboxylic acids is 1. The average molecular weight is 419 g/mol. The molecule has 3 unspecified atom stereocenters. The Labute approximate surface area is 174 Å². The fraction of sp³-hybridized carbons (Fsp3) is 0.684. The summed E-state index contributed by atoms with van der Waals surface area (Å²) in [7, 11) is 0. The van der Waals surface area contributed by atoms with Crippen LogP contribution in [-0.2, 0) is 16.1 Å². The number of morpholine rings is 1. The van der Waals surface area contributed by atoms with E-state index >= 15 is 0 Å². The molecule has 27 heavy (non-hydrogen) atoms. The molecule has 1 amide bonds. The van der Waals surface area contributed by atoms with Crippen molar-refractivity contribution < 1.29 is 9.53 Å². The van der Waals surface area contributed by atoms with E-state index in [1.807, 2.05) is 18.3 Å². The minimum Gasteiger partial charge on any atom is -0.372 e. The van der Waals surface area contributed by atoms with Crippen LogP contribution >= 0.6 is 24.8 Å². The summed E-state index contributed by atoms with van der Waals surface area (Å²) < 4.78 is 5.77. The molecular formula is C19H32Cl2N4O2. The predicted molar refractivity (Wildman–Crippen MR) is 113 cm³/mol. The second-order valence-corrected chi connectivity index (χ2v) is 7.36. The Bertz CT molecular complexity index is 557. The summed E-state index contributed by atoms with van der Waals surface area (Å²) in [5.74, 6) is 1.77. The Morgan fingerprint density at radius 1 is 1.30 bits per heavy atom. The number of carbonyl (C=O) groups is 1. The van der Waals surface area contributed by atoms with E-state index in [1.54, 1.807) is 0 Å². The Kier molecular flexibility index (Phi) is 10.4. The van der Waals surface area contributed by atoms with E-state index < -0.39 is 0 Å². The standard InChI is InChI=1S/C19H30N4O2.2ClH/c1-14-12-23(13-15(2)25-14)18-5-3-17(10-21-18)11-22-19(24)6-4-16-7-8-20-9-16;;/h3,5,10,14-16,20H,4,6-9,11-13H2,1-2H3,(H,22,24);2*1H. The molecule has 3 atom stereocenters. The van der Waals surface area contributed by atoms with Gasteiger partial charge in [0.2, 0.25) is 5.91 Å². The number of amides is 1. The van der Waals surface area contributed by atoms with Gasteiger partial charge in [-0.25, -0.2) is 4.98 Å². The normalized spacial score (nSPS) is 24.7. The largest absolute Gasteiger partial charge is 0.372 e. The number of aromatic nitrogens is 1. The van der Waals surface area contributed by atoms with Crippen molar-refractivity contribution in [3.63, 3.8) is 0 Å². The molecule has 2 N–H and O–H groups in total. The first-order chi connectivity index (χ1) is 12.1. The maximum Gasteiger partial charge on any atom is 0.220 e. The smallest absolute Gasteiger partial charge is 0.220 e. The van der Waals surface area contributed by atoms with Crippen molar-refractivity contribution in [3.8, 4) is 0 Å². The van der Waals surface area contributed by atoms with Crippen LogP contribution < -0.4 is 15.5 Å². The van der Waals surface area contributed by atoms with Gasteiger partial charge in [-0.1, -0.05) is 6.07 Å². The Morgan fingerprint density at radius 3 is 2.63 bits per heavy atom. The summed E-state index contributed by atoms with van der Waals surface area (Å²) in [5.41, 5.74) is 1.04. The van der Waals surface area contributed by atoms with Gasteiger partial charge in [0, 0.05) is 32.3 Å². The van der Waals surface area contributed by atoms with Crippen LogP contribution in [0.3, 0.4) is 0 Å². The van der Waals surface area contributed by atoms with Crippen LogP contribution in [0.5, 0.6) is 0 Å². The molecule has 3 rings (SSSR count). The molecule has 2 aliphatic rings. The van der Waals surface area contributed by atoms with Gasteiger partial charge in [0.1, 0.15) is 5.82 Å². The molecule has 2 aliphatic heterocycles. The number of pyridine rings is 1. The lowest BCUT2D eigenvalue weighted by Crippen LogP contribution is -2.45. The maximum absolute atomic E-state index is 12.0. The molecule has 0 saturated carbocycles. The van der Waals surface area contributed by atoms with Crippen molar-refractivity contribution in [2.75, 3.05) is 31.1 Å². The summed E-state index contributed by atoms with van der Waals surface area (Å²) in [6, 6.07) is 4.09. The van der Waals surface area contributed by atoms with Gasteiger partial charge < -0.3 is 20.3 Å². The van der Waals surface area contributed by atoms with Crippen LogP contribution in [0.25, 0.3) is 0 Å². The van der Waals surface area contributed by atoms with Crippen molar-refractivity contribution in [1.82, 2.24) is 15.6 Å². The molecule has 6 nitrogen and oxygen atoms in total. The first-order valence-electron chi connectivity index (χ1n) is 9.43. The molecule has 2 saturated heterocycles. The third-order valence-corrected chi connectivity index (χ3v) is 4.98. The zero-order valence-electron chi connectivity index (χ0n) is 16.1. The summed E-state index contributed by atoms with van der Waals surface area (Å²) in [4.78, 5) is 18.8. The molecule has 3 heterocycles. The lowest BCUT2D eigenvalue weighted by molar-refractivity contribution is -0.121. The quantitative estimate of drug-likeness (QED) is 0.742. The van der Waals surface area contributed by atoms with E-state index in [4.69, 9.17) is 4.74 Å².